The number of nitrogens with one attached hydrogen (secondary N) is 1. The van der Waals surface area contributed by atoms with Crippen molar-refractivity contribution in [2.24, 2.45) is 5.92 Å². The topological polar surface area (TPSA) is 38.3 Å². The van der Waals surface area contributed by atoms with Crippen LogP contribution in [0.25, 0.3) is 0 Å². The molecule has 1 aliphatic heterocycles. The normalized spacial score (nSPS) is 28.7. The lowest BCUT2D eigenvalue weighted by molar-refractivity contribution is -0.155. The highest BCUT2D eigenvalue weighted by molar-refractivity contribution is 5.83. The third-order valence-electron chi connectivity index (χ3n) is 3.76. The van der Waals surface area contributed by atoms with Gasteiger partial charge in [0, 0.05) is 12.5 Å². The lowest BCUT2D eigenvalue weighted by Crippen LogP contribution is -2.48. The van der Waals surface area contributed by atoms with E-state index in [9.17, 15) is 4.79 Å². The smallest absolute Gasteiger partial charge is 0.149 e. The summed E-state index contributed by atoms with van der Waals surface area (Å²) in [4.78, 5) is 11.9. The van der Waals surface area contributed by atoms with E-state index in [0.717, 1.165) is 38.8 Å². The first-order valence-corrected chi connectivity index (χ1v) is 6.13. The van der Waals surface area contributed by atoms with Crippen LogP contribution in [-0.2, 0) is 9.53 Å². The van der Waals surface area contributed by atoms with Crippen LogP contribution in [0.2, 0.25) is 0 Å². The van der Waals surface area contributed by atoms with Gasteiger partial charge in [-0.25, -0.2) is 0 Å². The molecular formula is C12H21NO2. The maximum Gasteiger partial charge on any atom is 0.149 e. The van der Waals surface area contributed by atoms with E-state index in [1.54, 1.807) is 0 Å². The molecule has 1 saturated heterocycles. The van der Waals surface area contributed by atoms with Gasteiger partial charge in [-0.05, 0) is 38.6 Å². The first-order valence-electron chi connectivity index (χ1n) is 6.13. The Kier molecular flexibility index (Phi) is 3.42. The summed E-state index contributed by atoms with van der Waals surface area (Å²) >= 11 is 0. The molecule has 3 nitrogen and oxygen atoms in total. The van der Waals surface area contributed by atoms with Crippen LogP contribution in [0.5, 0.6) is 0 Å². The molecule has 0 aromatic heterocycles. The maximum absolute atomic E-state index is 11.9. The van der Waals surface area contributed by atoms with E-state index < -0.39 is 0 Å². The number of ether oxygens (including phenoxy) is 1. The van der Waals surface area contributed by atoms with Crippen LogP contribution in [0.15, 0.2) is 0 Å². The van der Waals surface area contributed by atoms with Crippen LogP contribution < -0.4 is 5.32 Å². The second-order valence-electron chi connectivity index (χ2n) is 4.82. The molecule has 3 heteroatoms. The highest BCUT2D eigenvalue weighted by atomic mass is 16.5. The van der Waals surface area contributed by atoms with Gasteiger partial charge in [0.2, 0.25) is 0 Å². The fraction of sp³-hybridized carbons (Fsp3) is 0.917. The molecule has 2 fully saturated rings. The zero-order valence-corrected chi connectivity index (χ0v) is 9.55. The Morgan fingerprint density at radius 1 is 1.53 bits per heavy atom. The highest BCUT2D eigenvalue weighted by Gasteiger charge is 2.43. The molecule has 1 unspecified atom stereocenters. The van der Waals surface area contributed by atoms with E-state index in [4.69, 9.17) is 4.74 Å². The molecule has 1 saturated carbocycles. The Balaban J connectivity index is 1.84. The first-order chi connectivity index (χ1) is 7.26. The SMILES string of the molecule is CCNCC(=O)C1CCOC2(CCC2)C1. The van der Waals surface area contributed by atoms with Gasteiger partial charge in [0.1, 0.15) is 5.78 Å². The first kappa shape index (κ1) is 11.1. The summed E-state index contributed by atoms with van der Waals surface area (Å²) in [5, 5.41) is 3.12. The van der Waals surface area contributed by atoms with Crippen molar-refractivity contribution in [2.75, 3.05) is 19.7 Å². The standard InChI is InChI=1S/C12H21NO2/c1-2-13-9-11(14)10-4-7-15-12(8-10)5-3-6-12/h10,13H,2-9H2,1H3. The molecule has 0 radical (unpaired) electrons. The third kappa shape index (κ3) is 2.40. The van der Waals surface area contributed by atoms with E-state index in [2.05, 4.69) is 5.32 Å². The summed E-state index contributed by atoms with van der Waals surface area (Å²) in [5.41, 5.74) is 0.102. The zero-order valence-electron chi connectivity index (χ0n) is 9.55. The molecule has 1 heterocycles. The number of carbonyl (C=O) groups excluding carboxylic acids is 1. The molecule has 1 N–H and O–H groups in total. The van der Waals surface area contributed by atoms with Crippen molar-refractivity contribution in [3.8, 4) is 0 Å². The summed E-state index contributed by atoms with van der Waals surface area (Å²) in [6, 6.07) is 0. The van der Waals surface area contributed by atoms with Crippen molar-refractivity contribution in [1.29, 1.82) is 0 Å². The Morgan fingerprint density at radius 3 is 2.93 bits per heavy atom. The Morgan fingerprint density at radius 2 is 2.33 bits per heavy atom. The molecular weight excluding hydrogens is 190 g/mol. The molecule has 1 aliphatic carbocycles. The van der Waals surface area contributed by atoms with Gasteiger partial charge in [-0.15, -0.1) is 0 Å². The molecule has 86 valence electrons. The van der Waals surface area contributed by atoms with Gasteiger partial charge in [0.25, 0.3) is 0 Å². The number of ketones is 1. The second kappa shape index (κ2) is 4.62. The van der Waals surface area contributed by atoms with E-state index in [0.29, 0.717) is 12.3 Å². The molecule has 0 aromatic carbocycles. The van der Waals surface area contributed by atoms with E-state index in [1.165, 1.54) is 6.42 Å². The van der Waals surface area contributed by atoms with E-state index in [1.807, 2.05) is 6.92 Å². The summed E-state index contributed by atoms with van der Waals surface area (Å²) < 4.78 is 5.81. The van der Waals surface area contributed by atoms with Crippen molar-refractivity contribution >= 4 is 5.78 Å². The van der Waals surface area contributed by atoms with Crippen molar-refractivity contribution in [3.63, 3.8) is 0 Å². The van der Waals surface area contributed by atoms with Gasteiger partial charge < -0.3 is 10.1 Å². The van der Waals surface area contributed by atoms with Crippen molar-refractivity contribution in [1.82, 2.24) is 5.32 Å². The lowest BCUT2D eigenvalue weighted by atomic mass is 9.71. The van der Waals surface area contributed by atoms with Crippen LogP contribution in [0, 0.1) is 5.92 Å². The zero-order chi connectivity index (χ0) is 10.7. The van der Waals surface area contributed by atoms with E-state index >= 15 is 0 Å². The van der Waals surface area contributed by atoms with Crippen LogP contribution in [0.4, 0.5) is 0 Å². The molecule has 15 heavy (non-hydrogen) atoms. The molecule has 0 aromatic rings. The second-order valence-corrected chi connectivity index (χ2v) is 4.82. The quantitative estimate of drug-likeness (QED) is 0.766. The largest absolute Gasteiger partial charge is 0.375 e. The van der Waals surface area contributed by atoms with Gasteiger partial charge in [0.15, 0.2) is 0 Å². The Bertz CT molecular complexity index is 236. The Hall–Kier alpha value is -0.410. The minimum atomic E-state index is 0.102. The molecule has 0 bridgehead atoms. The summed E-state index contributed by atoms with van der Waals surface area (Å²) in [7, 11) is 0. The van der Waals surface area contributed by atoms with Crippen molar-refractivity contribution in [3.05, 3.63) is 0 Å². The van der Waals surface area contributed by atoms with Gasteiger partial charge >= 0.3 is 0 Å². The highest BCUT2D eigenvalue weighted by Crippen LogP contribution is 2.44. The van der Waals surface area contributed by atoms with Gasteiger partial charge in [-0.1, -0.05) is 6.92 Å². The number of carbonyl (C=O) groups is 1. The fourth-order valence-corrected chi connectivity index (χ4v) is 2.61. The van der Waals surface area contributed by atoms with Crippen molar-refractivity contribution < 1.29 is 9.53 Å². The number of rotatable bonds is 4. The van der Waals surface area contributed by atoms with Crippen molar-refractivity contribution in [2.45, 2.75) is 44.6 Å². The average molecular weight is 211 g/mol. The molecule has 2 rings (SSSR count). The minimum Gasteiger partial charge on any atom is -0.375 e. The molecule has 1 spiro atoms. The Labute approximate surface area is 91.6 Å². The predicted molar refractivity (Wildman–Crippen MR) is 58.8 cm³/mol. The van der Waals surface area contributed by atoms with Crippen LogP contribution in [0.3, 0.4) is 0 Å². The van der Waals surface area contributed by atoms with Gasteiger partial charge in [0.05, 0.1) is 12.1 Å². The number of hydrogen-bond acceptors (Lipinski definition) is 3. The summed E-state index contributed by atoms with van der Waals surface area (Å²) in [5.74, 6) is 0.629. The number of Topliss-reactive ketones (excluding diaryl/α,β-unsaturated/α-hetero) is 1. The van der Waals surface area contributed by atoms with Crippen LogP contribution >= 0.6 is 0 Å². The summed E-state index contributed by atoms with van der Waals surface area (Å²) in [6.07, 6.45) is 5.49. The lowest BCUT2D eigenvalue weighted by Gasteiger charge is -2.46. The average Bonchev–Trinajstić information content (AvgIpc) is 2.24. The number of hydrogen-bond donors (Lipinski definition) is 1. The number of likely N-dealkylation sites (N-methyl/N-ethyl adjacent to an activating group) is 1. The monoisotopic (exact) mass is 211 g/mol. The third-order valence-corrected chi connectivity index (χ3v) is 3.76. The molecule has 1 atom stereocenters. The molecule has 0 amide bonds. The maximum atomic E-state index is 11.9. The van der Waals surface area contributed by atoms with Gasteiger partial charge in [-0.3, -0.25) is 4.79 Å². The van der Waals surface area contributed by atoms with Crippen LogP contribution in [0.1, 0.15) is 39.0 Å². The predicted octanol–water partition coefficient (Wildman–Crippen LogP) is 1.51. The molecule has 2 aliphatic rings. The van der Waals surface area contributed by atoms with Crippen LogP contribution in [-0.4, -0.2) is 31.1 Å². The summed E-state index contributed by atoms with van der Waals surface area (Å²) in [6.45, 7) is 4.23. The van der Waals surface area contributed by atoms with E-state index in [-0.39, 0.29) is 11.5 Å². The minimum absolute atomic E-state index is 0.102. The van der Waals surface area contributed by atoms with Gasteiger partial charge in [-0.2, -0.15) is 0 Å². The fourth-order valence-electron chi connectivity index (χ4n) is 2.61.